The van der Waals surface area contributed by atoms with E-state index in [1.165, 1.54) is 21.5 Å². The van der Waals surface area contributed by atoms with Gasteiger partial charge in [0.1, 0.15) is 0 Å². The largest absolute Gasteiger partial charge is 0.309 e. The Morgan fingerprint density at radius 3 is 1.35 bits per heavy atom. The molecular formula is C34H19N3. The van der Waals surface area contributed by atoms with Gasteiger partial charge >= 0.3 is 0 Å². The maximum Gasteiger partial charge on any atom is 0.0991 e. The van der Waals surface area contributed by atoms with Crippen molar-refractivity contribution in [2.75, 3.05) is 0 Å². The van der Waals surface area contributed by atoms with Gasteiger partial charge in [0.2, 0.25) is 0 Å². The maximum atomic E-state index is 9.23. The van der Waals surface area contributed by atoms with Crippen molar-refractivity contribution in [1.82, 2.24) is 4.57 Å². The van der Waals surface area contributed by atoms with Crippen LogP contribution in [0.4, 0.5) is 0 Å². The second-order valence-corrected chi connectivity index (χ2v) is 9.30. The molecule has 170 valence electrons. The molecule has 37 heavy (non-hydrogen) atoms. The lowest BCUT2D eigenvalue weighted by molar-refractivity contribution is 1.18. The Morgan fingerprint density at radius 1 is 0.459 bits per heavy atom. The number of hydrogen-bond acceptors (Lipinski definition) is 2. The van der Waals surface area contributed by atoms with Gasteiger partial charge < -0.3 is 4.57 Å². The zero-order valence-corrected chi connectivity index (χ0v) is 19.8. The van der Waals surface area contributed by atoms with E-state index < -0.39 is 0 Å². The van der Waals surface area contributed by atoms with Crippen molar-refractivity contribution in [3.05, 3.63) is 126 Å². The van der Waals surface area contributed by atoms with Gasteiger partial charge in [-0.25, -0.2) is 0 Å². The van der Waals surface area contributed by atoms with Crippen LogP contribution >= 0.6 is 0 Å². The Balaban J connectivity index is 1.56. The molecule has 3 heteroatoms. The minimum atomic E-state index is 0.657. The van der Waals surface area contributed by atoms with Gasteiger partial charge in [0, 0.05) is 16.5 Å². The van der Waals surface area contributed by atoms with Crippen molar-refractivity contribution in [2.45, 2.75) is 0 Å². The third-order valence-corrected chi connectivity index (χ3v) is 7.18. The summed E-state index contributed by atoms with van der Waals surface area (Å²) >= 11 is 0. The Morgan fingerprint density at radius 2 is 0.919 bits per heavy atom. The number of para-hydroxylation sites is 1. The first-order valence-corrected chi connectivity index (χ1v) is 12.1. The molecule has 0 unspecified atom stereocenters. The van der Waals surface area contributed by atoms with Crippen molar-refractivity contribution in [2.24, 2.45) is 0 Å². The van der Waals surface area contributed by atoms with Crippen LogP contribution in [0.25, 0.3) is 60.5 Å². The van der Waals surface area contributed by atoms with Gasteiger partial charge in [-0.05, 0) is 93.7 Å². The highest BCUT2D eigenvalue weighted by molar-refractivity contribution is 6.25. The summed E-state index contributed by atoms with van der Waals surface area (Å²) in [5.41, 5.74) is 9.13. The first-order chi connectivity index (χ1) is 18.2. The van der Waals surface area contributed by atoms with Crippen LogP contribution < -0.4 is 0 Å². The van der Waals surface area contributed by atoms with Gasteiger partial charge in [0.15, 0.2) is 0 Å². The van der Waals surface area contributed by atoms with E-state index in [9.17, 15) is 10.5 Å². The van der Waals surface area contributed by atoms with Gasteiger partial charge in [0.25, 0.3) is 0 Å². The fourth-order valence-electron chi connectivity index (χ4n) is 5.43. The lowest BCUT2D eigenvalue weighted by Gasteiger charge is -2.10. The maximum absolute atomic E-state index is 9.23. The molecule has 0 spiro atoms. The molecule has 6 aromatic carbocycles. The van der Waals surface area contributed by atoms with Crippen molar-refractivity contribution in [3.8, 4) is 40.1 Å². The molecule has 3 nitrogen and oxygen atoms in total. The van der Waals surface area contributed by atoms with Crippen LogP contribution in [0.15, 0.2) is 115 Å². The highest BCUT2D eigenvalue weighted by atomic mass is 15.0. The molecule has 0 amide bonds. The molecule has 0 atom stereocenters. The number of rotatable bonds is 3. The lowest BCUT2D eigenvalue weighted by atomic mass is 9.95. The van der Waals surface area contributed by atoms with Crippen LogP contribution in [0.3, 0.4) is 0 Å². The van der Waals surface area contributed by atoms with E-state index in [-0.39, 0.29) is 0 Å². The van der Waals surface area contributed by atoms with Crippen molar-refractivity contribution >= 4 is 32.6 Å². The van der Waals surface area contributed by atoms with E-state index in [0.29, 0.717) is 11.1 Å². The van der Waals surface area contributed by atoms with Crippen LogP contribution in [0.1, 0.15) is 11.1 Å². The van der Waals surface area contributed by atoms with E-state index in [4.69, 9.17) is 0 Å². The summed E-state index contributed by atoms with van der Waals surface area (Å²) in [7, 11) is 0. The van der Waals surface area contributed by atoms with E-state index in [2.05, 4.69) is 77.4 Å². The Kier molecular flexibility index (Phi) is 4.58. The number of nitrogens with zero attached hydrogens (tertiary/aromatic N) is 3. The topological polar surface area (TPSA) is 52.5 Å². The molecule has 0 radical (unpaired) electrons. The summed E-state index contributed by atoms with van der Waals surface area (Å²) in [4.78, 5) is 0. The average molecular weight is 470 g/mol. The number of aromatic nitrogens is 1. The molecule has 1 heterocycles. The molecular weight excluding hydrogens is 450 g/mol. The van der Waals surface area contributed by atoms with Gasteiger partial charge in [-0.2, -0.15) is 10.5 Å². The van der Waals surface area contributed by atoms with Crippen LogP contribution in [0, 0.1) is 22.7 Å². The van der Waals surface area contributed by atoms with E-state index >= 15 is 0 Å². The molecule has 0 saturated carbocycles. The minimum absolute atomic E-state index is 0.657. The third kappa shape index (κ3) is 3.27. The average Bonchev–Trinajstić information content (AvgIpc) is 3.31. The molecule has 1 aromatic heterocycles. The zero-order valence-electron chi connectivity index (χ0n) is 19.8. The van der Waals surface area contributed by atoms with Crippen molar-refractivity contribution in [3.63, 3.8) is 0 Å². The molecule has 7 rings (SSSR count). The van der Waals surface area contributed by atoms with E-state index in [0.717, 1.165) is 39.0 Å². The summed E-state index contributed by atoms with van der Waals surface area (Å²) in [5, 5.41) is 23.3. The third-order valence-electron chi connectivity index (χ3n) is 7.18. The van der Waals surface area contributed by atoms with Crippen LogP contribution in [0.5, 0.6) is 0 Å². The van der Waals surface area contributed by atoms with Crippen molar-refractivity contribution < 1.29 is 0 Å². The van der Waals surface area contributed by atoms with Gasteiger partial charge in [-0.1, -0.05) is 54.6 Å². The normalized spacial score (nSPS) is 11.2. The van der Waals surface area contributed by atoms with E-state index in [1.807, 2.05) is 54.6 Å². The SMILES string of the molecule is N#Cc1ccc(-c2cc3ccc4cc(-c5ccc(C#N)cc5)cc5c4c3c(c2)n5-c2ccccc2)cc1. The molecule has 0 fully saturated rings. The predicted octanol–water partition coefficient (Wildman–Crippen LogP) is 8.45. The number of benzene rings is 6. The number of hydrogen-bond donors (Lipinski definition) is 0. The fraction of sp³-hybridized carbons (Fsp3) is 0. The second-order valence-electron chi connectivity index (χ2n) is 9.30. The zero-order chi connectivity index (χ0) is 24.9. The quantitative estimate of drug-likeness (QED) is 0.244. The summed E-state index contributed by atoms with van der Waals surface area (Å²) in [6.45, 7) is 0. The molecule has 0 bridgehead atoms. The number of nitriles is 2. The van der Waals surface area contributed by atoms with Gasteiger partial charge in [-0.3, -0.25) is 0 Å². The monoisotopic (exact) mass is 469 g/mol. The summed E-state index contributed by atoms with van der Waals surface area (Å²) in [6, 6.07) is 43.9. The first kappa shape index (κ1) is 20.9. The fourth-order valence-corrected chi connectivity index (χ4v) is 5.43. The lowest BCUT2D eigenvalue weighted by Crippen LogP contribution is -1.94. The smallest absolute Gasteiger partial charge is 0.0991 e. The minimum Gasteiger partial charge on any atom is -0.309 e. The standard InChI is InChI=1S/C34H19N3/c35-20-22-6-10-24(11-7-22)28-16-26-14-15-27-17-29(25-12-8-23(21-36)9-13-25)19-32-34(27)33(26)31(18-28)37(32)30-4-2-1-3-5-30/h1-19H. The van der Waals surface area contributed by atoms with Crippen LogP contribution in [-0.4, -0.2) is 4.57 Å². The van der Waals surface area contributed by atoms with Crippen LogP contribution in [-0.2, 0) is 0 Å². The van der Waals surface area contributed by atoms with Crippen LogP contribution in [0.2, 0.25) is 0 Å². The first-order valence-electron chi connectivity index (χ1n) is 12.1. The van der Waals surface area contributed by atoms with E-state index in [1.54, 1.807) is 0 Å². The second kappa shape index (κ2) is 8.09. The van der Waals surface area contributed by atoms with Gasteiger partial charge in [0.05, 0.1) is 34.3 Å². The summed E-state index contributed by atoms with van der Waals surface area (Å²) < 4.78 is 2.35. The Labute approximate surface area is 214 Å². The molecule has 0 aliphatic carbocycles. The summed E-state index contributed by atoms with van der Waals surface area (Å²) in [5.74, 6) is 0. The molecule has 7 aromatic rings. The molecule has 0 aliphatic rings. The highest BCUT2D eigenvalue weighted by Gasteiger charge is 2.19. The Hall–Kier alpha value is -5.38. The Bertz CT molecular complexity index is 1890. The summed E-state index contributed by atoms with van der Waals surface area (Å²) in [6.07, 6.45) is 0. The molecule has 0 saturated heterocycles. The predicted molar refractivity (Wildman–Crippen MR) is 150 cm³/mol. The van der Waals surface area contributed by atoms with Crippen molar-refractivity contribution in [1.29, 1.82) is 10.5 Å². The van der Waals surface area contributed by atoms with Gasteiger partial charge in [-0.15, -0.1) is 0 Å². The highest BCUT2D eigenvalue weighted by Crippen LogP contribution is 2.43. The molecule has 0 aliphatic heterocycles. The molecule has 0 N–H and O–H groups in total.